The first-order valence-corrected chi connectivity index (χ1v) is 7.77. The van der Waals surface area contributed by atoms with E-state index in [2.05, 4.69) is 31.5 Å². The third kappa shape index (κ3) is 4.10. The van der Waals surface area contributed by atoms with E-state index in [9.17, 15) is 4.79 Å². The van der Waals surface area contributed by atoms with Crippen molar-refractivity contribution in [1.82, 2.24) is 9.55 Å². The van der Waals surface area contributed by atoms with Gasteiger partial charge in [-0.25, -0.2) is 4.79 Å². The van der Waals surface area contributed by atoms with Crippen molar-refractivity contribution in [3.05, 3.63) is 27.9 Å². The quantitative estimate of drug-likeness (QED) is 0.778. The van der Waals surface area contributed by atoms with Gasteiger partial charge in [0.15, 0.2) is 0 Å². The molecule has 0 amide bonds. The zero-order valence-corrected chi connectivity index (χ0v) is 13.5. The first-order chi connectivity index (χ1) is 8.98. The second kappa shape index (κ2) is 7.13. The minimum Gasteiger partial charge on any atom is -0.296 e. The summed E-state index contributed by atoms with van der Waals surface area (Å²) >= 11 is 4.55. The van der Waals surface area contributed by atoms with Crippen LogP contribution in [0.15, 0.2) is 10.9 Å². The zero-order valence-electron chi connectivity index (χ0n) is 12.6. The van der Waals surface area contributed by atoms with Crippen LogP contribution >= 0.6 is 12.6 Å². The number of nitrogens with zero attached hydrogens (tertiary/aromatic N) is 2. The van der Waals surface area contributed by atoms with Gasteiger partial charge in [0, 0.05) is 17.9 Å². The maximum Gasteiger partial charge on any atom is 0.347 e. The van der Waals surface area contributed by atoms with E-state index in [1.165, 1.54) is 0 Å². The maximum absolute atomic E-state index is 12.1. The van der Waals surface area contributed by atoms with E-state index >= 15 is 0 Å². The van der Waals surface area contributed by atoms with E-state index in [0.29, 0.717) is 0 Å². The summed E-state index contributed by atoms with van der Waals surface area (Å²) < 4.78 is 1.81. The number of aromatic nitrogens is 2. The summed E-state index contributed by atoms with van der Waals surface area (Å²) in [5, 5.41) is 0. The molecule has 0 N–H and O–H groups in total. The van der Waals surface area contributed by atoms with Gasteiger partial charge in [-0.05, 0) is 43.9 Å². The van der Waals surface area contributed by atoms with Gasteiger partial charge in [0.25, 0.3) is 0 Å². The second-order valence-electron chi connectivity index (χ2n) is 5.57. The Bertz CT molecular complexity index is 462. The molecule has 1 aromatic rings. The Balaban J connectivity index is 3.12. The summed E-state index contributed by atoms with van der Waals surface area (Å²) in [5.74, 6) is 0.814. The topological polar surface area (TPSA) is 34.9 Å². The van der Waals surface area contributed by atoms with Crippen molar-refractivity contribution in [3.63, 3.8) is 0 Å². The van der Waals surface area contributed by atoms with Gasteiger partial charge in [0.2, 0.25) is 0 Å². The van der Waals surface area contributed by atoms with Crippen molar-refractivity contribution in [2.45, 2.75) is 59.9 Å². The molecule has 19 heavy (non-hydrogen) atoms. The minimum atomic E-state index is -0.129. The molecule has 0 aliphatic carbocycles. The van der Waals surface area contributed by atoms with Gasteiger partial charge in [-0.1, -0.05) is 26.7 Å². The molecule has 3 nitrogen and oxygen atoms in total. The summed E-state index contributed by atoms with van der Waals surface area (Å²) in [5.41, 5.74) is 1.77. The molecule has 0 spiro atoms. The van der Waals surface area contributed by atoms with Crippen molar-refractivity contribution in [2.75, 3.05) is 5.75 Å². The van der Waals surface area contributed by atoms with Crippen LogP contribution in [-0.4, -0.2) is 15.3 Å². The molecule has 0 unspecified atom stereocenters. The lowest BCUT2D eigenvalue weighted by atomic mass is 9.80. The summed E-state index contributed by atoms with van der Waals surface area (Å²) in [6, 6.07) is 1.97. The van der Waals surface area contributed by atoms with Crippen LogP contribution in [-0.2, 0) is 6.54 Å². The maximum atomic E-state index is 12.1. The van der Waals surface area contributed by atoms with E-state index in [1.807, 2.05) is 24.5 Å². The van der Waals surface area contributed by atoms with Crippen LogP contribution in [0, 0.1) is 19.3 Å². The number of hydrogen-bond donors (Lipinski definition) is 1. The first-order valence-electron chi connectivity index (χ1n) is 7.14. The minimum absolute atomic E-state index is 0.109. The van der Waals surface area contributed by atoms with Crippen LogP contribution in [0.2, 0.25) is 0 Å². The van der Waals surface area contributed by atoms with Gasteiger partial charge in [0.1, 0.15) is 0 Å². The molecule has 0 aliphatic rings. The average Bonchev–Trinajstić information content (AvgIpc) is 2.34. The third-order valence-corrected chi connectivity index (χ3v) is 4.41. The molecule has 0 saturated carbocycles. The van der Waals surface area contributed by atoms with Crippen molar-refractivity contribution >= 4 is 12.6 Å². The van der Waals surface area contributed by atoms with Crippen LogP contribution in [0.3, 0.4) is 0 Å². The Hall–Kier alpha value is -0.770. The molecule has 0 fully saturated rings. The fraction of sp³-hybridized carbons (Fsp3) is 0.733. The van der Waals surface area contributed by atoms with Gasteiger partial charge < -0.3 is 0 Å². The highest BCUT2D eigenvalue weighted by Gasteiger charge is 2.28. The lowest BCUT2D eigenvalue weighted by molar-refractivity contribution is 0.225. The number of hydrogen-bond acceptors (Lipinski definition) is 3. The number of aryl methyl sites for hydroxylation is 2. The number of thiol groups is 1. The van der Waals surface area contributed by atoms with E-state index in [1.54, 1.807) is 0 Å². The normalized spacial score (nSPS) is 11.8. The van der Waals surface area contributed by atoms with Crippen LogP contribution in [0.4, 0.5) is 0 Å². The molecule has 1 aromatic heterocycles. The Morgan fingerprint density at radius 1 is 1.26 bits per heavy atom. The molecule has 0 saturated heterocycles. The monoisotopic (exact) mass is 282 g/mol. The van der Waals surface area contributed by atoms with E-state index in [4.69, 9.17) is 0 Å². The predicted molar refractivity (Wildman–Crippen MR) is 84.1 cm³/mol. The Morgan fingerprint density at radius 3 is 2.26 bits per heavy atom. The molecule has 1 heterocycles. The van der Waals surface area contributed by atoms with E-state index in [0.717, 1.165) is 49.4 Å². The third-order valence-electron chi connectivity index (χ3n) is 3.74. The summed E-state index contributed by atoms with van der Waals surface area (Å²) in [6.45, 7) is 8.96. The molecular weight excluding hydrogens is 256 g/mol. The van der Waals surface area contributed by atoms with Gasteiger partial charge >= 0.3 is 5.69 Å². The van der Waals surface area contributed by atoms with E-state index < -0.39 is 0 Å². The molecule has 108 valence electrons. The van der Waals surface area contributed by atoms with Crippen molar-refractivity contribution < 1.29 is 0 Å². The molecule has 0 atom stereocenters. The Labute approximate surface area is 121 Å². The van der Waals surface area contributed by atoms with Crippen molar-refractivity contribution in [1.29, 1.82) is 0 Å². The van der Waals surface area contributed by atoms with Gasteiger partial charge in [0.05, 0.1) is 0 Å². The smallest absolute Gasteiger partial charge is 0.296 e. The Kier molecular flexibility index (Phi) is 6.11. The Morgan fingerprint density at radius 2 is 1.84 bits per heavy atom. The summed E-state index contributed by atoms with van der Waals surface area (Å²) in [4.78, 5) is 16.1. The van der Waals surface area contributed by atoms with Gasteiger partial charge in [-0.15, -0.1) is 0 Å². The first kappa shape index (κ1) is 16.3. The fourth-order valence-electron chi connectivity index (χ4n) is 2.85. The van der Waals surface area contributed by atoms with Gasteiger partial charge in [-0.2, -0.15) is 17.6 Å². The molecule has 0 radical (unpaired) electrons. The molecule has 0 bridgehead atoms. The van der Waals surface area contributed by atoms with Gasteiger partial charge in [-0.3, -0.25) is 4.57 Å². The highest BCUT2D eigenvalue weighted by Crippen LogP contribution is 2.33. The fourth-order valence-corrected chi connectivity index (χ4v) is 3.27. The van der Waals surface area contributed by atoms with Crippen LogP contribution < -0.4 is 5.69 Å². The van der Waals surface area contributed by atoms with Crippen LogP contribution in [0.5, 0.6) is 0 Å². The molecular formula is C15H26N2OS. The molecule has 1 rings (SSSR count). The molecule has 0 aliphatic heterocycles. The number of rotatable bonds is 7. The van der Waals surface area contributed by atoms with Crippen molar-refractivity contribution in [3.8, 4) is 0 Å². The summed E-state index contributed by atoms with van der Waals surface area (Å²) in [7, 11) is 0. The van der Waals surface area contributed by atoms with Crippen molar-refractivity contribution in [2.24, 2.45) is 5.41 Å². The average molecular weight is 282 g/mol. The lowest BCUT2D eigenvalue weighted by Crippen LogP contribution is -2.36. The molecule has 4 heteroatoms. The predicted octanol–water partition coefficient (Wildman–Crippen LogP) is 3.38. The highest BCUT2D eigenvalue weighted by atomic mass is 32.1. The second-order valence-corrected chi connectivity index (χ2v) is 5.88. The van der Waals surface area contributed by atoms with Crippen LogP contribution in [0.1, 0.15) is 50.9 Å². The molecule has 0 aromatic carbocycles. The van der Waals surface area contributed by atoms with Crippen LogP contribution in [0.25, 0.3) is 0 Å². The largest absolute Gasteiger partial charge is 0.347 e. The SMILES string of the molecule is CCCC(CS)(CCC)Cn1c(C)cc(C)nc1=O. The lowest BCUT2D eigenvalue weighted by Gasteiger charge is -2.33. The zero-order chi connectivity index (χ0) is 14.5. The standard InChI is InChI=1S/C15H26N2OS/c1-5-7-15(11-19,8-6-2)10-17-13(4)9-12(3)16-14(17)18/h9,19H,5-8,10-11H2,1-4H3. The highest BCUT2D eigenvalue weighted by molar-refractivity contribution is 7.80. The summed E-state index contributed by atoms with van der Waals surface area (Å²) in [6.07, 6.45) is 4.44. The van der Waals surface area contributed by atoms with E-state index in [-0.39, 0.29) is 11.1 Å².